The first-order valence-electron chi connectivity index (χ1n) is 7.91. The molecule has 0 saturated carbocycles. The van der Waals surface area contributed by atoms with Crippen molar-refractivity contribution >= 4 is 11.2 Å². The number of imidazole rings is 1. The van der Waals surface area contributed by atoms with Gasteiger partial charge >= 0.3 is 0 Å². The summed E-state index contributed by atoms with van der Waals surface area (Å²) in [6.07, 6.45) is 6.47. The summed E-state index contributed by atoms with van der Waals surface area (Å²) in [6.45, 7) is 0.870. The highest BCUT2D eigenvalue weighted by Gasteiger charge is 2.20. The van der Waals surface area contributed by atoms with Crippen LogP contribution in [0.15, 0.2) is 48.7 Å². The Balaban J connectivity index is 1.79. The average Bonchev–Trinajstić information content (AvgIpc) is 2.94. The molecule has 1 atom stereocenters. The van der Waals surface area contributed by atoms with Gasteiger partial charge < -0.3 is 4.74 Å². The molecule has 1 aliphatic rings. The summed E-state index contributed by atoms with van der Waals surface area (Å²) in [5.74, 6) is 1.03. The van der Waals surface area contributed by atoms with Gasteiger partial charge in [-0.1, -0.05) is 18.2 Å². The molecule has 112 valence electrons. The Morgan fingerprint density at radius 1 is 1.09 bits per heavy atom. The Labute approximate surface area is 129 Å². The topological polar surface area (TPSA) is 39.9 Å². The van der Waals surface area contributed by atoms with Crippen LogP contribution >= 0.6 is 0 Å². The molecule has 3 heterocycles. The lowest BCUT2D eigenvalue weighted by molar-refractivity contribution is 0.0155. The molecule has 0 amide bonds. The minimum Gasteiger partial charge on any atom is -0.378 e. The van der Waals surface area contributed by atoms with E-state index in [1.54, 1.807) is 0 Å². The highest BCUT2D eigenvalue weighted by atomic mass is 16.5. The highest BCUT2D eigenvalue weighted by molar-refractivity contribution is 5.73. The van der Waals surface area contributed by atoms with Gasteiger partial charge in [0.05, 0.1) is 6.10 Å². The second-order valence-corrected chi connectivity index (χ2v) is 5.74. The van der Waals surface area contributed by atoms with Gasteiger partial charge in [0.2, 0.25) is 0 Å². The fraction of sp³-hybridized carbons (Fsp3) is 0.333. The number of ether oxygens (including phenoxy) is 1. The van der Waals surface area contributed by atoms with Gasteiger partial charge in [-0.15, -0.1) is 0 Å². The minimum atomic E-state index is 0.271. The van der Waals surface area contributed by atoms with Gasteiger partial charge in [-0.3, -0.25) is 4.57 Å². The van der Waals surface area contributed by atoms with E-state index in [0.717, 1.165) is 42.1 Å². The average molecular weight is 293 g/mol. The molecule has 1 aromatic carbocycles. The molecule has 0 aliphatic carbocycles. The van der Waals surface area contributed by atoms with Crippen molar-refractivity contribution < 1.29 is 4.74 Å². The predicted molar refractivity (Wildman–Crippen MR) is 86.2 cm³/mol. The van der Waals surface area contributed by atoms with E-state index in [2.05, 4.69) is 21.7 Å². The van der Waals surface area contributed by atoms with Crippen molar-refractivity contribution in [2.75, 3.05) is 6.61 Å². The molecule has 4 heteroatoms. The molecule has 3 aromatic rings. The lowest BCUT2D eigenvalue weighted by atomic mass is 10.1. The molecule has 1 fully saturated rings. The normalized spacial score (nSPS) is 18.6. The Morgan fingerprint density at radius 3 is 2.82 bits per heavy atom. The van der Waals surface area contributed by atoms with Crippen LogP contribution in [0.3, 0.4) is 0 Å². The predicted octanol–water partition coefficient (Wildman–Crippen LogP) is 3.53. The summed E-state index contributed by atoms with van der Waals surface area (Å²) in [6, 6.07) is 14.3. The molecule has 0 radical (unpaired) electrons. The summed E-state index contributed by atoms with van der Waals surface area (Å²) < 4.78 is 8.06. The molecule has 1 unspecified atom stereocenters. The number of pyridine rings is 1. The Bertz CT molecular complexity index is 760. The van der Waals surface area contributed by atoms with Crippen molar-refractivity contribution in [3.63, 3.8) is 0 Å². The van der Waals surface area contributed by atoms with Crippen molar-refractivity contribution in [2.45, 2.75) is 31.8 Å². The zero-order valence-corrected chi connectivity index (χ0v) is 12.5. The van der Waals surface area contributed by atoms with Gasteiger partial charge in [0.1, 0.15) is 11.3 Å². The highest BCUT2D eigenvalue weighted by Crippen LogP contribution is 2.23. The Hall–Kier alpha value is -2.20. The molecule has 2 aromatic heterocycles. The van der Waals surface area contributed by atoms with Gasteiger partial charge in [-0.05, 0) is 43.5 Å². The van der Waals surface area contributed by atoms with Crippen molar-refractivity contribution in [3.8, 4) is 5.69 Å². The third-order valence-electron chi connectivity index (χ3n) is 4.18. The second kappa shape index (κ2) is 5.89. The molecule has 0 spiro atoms. The van der Waals surface area contributed by atoms with Crippen molar-refractivity contribution in [1.82, 2.24) is 14.5 Å². The summed E-state index contributed by atoms with van der Waals surface area (Å²) >= 11 is 0. The molecule has 4 nitrogen and oxygen atoms in total. The van der Waals surface area contributed by atoms with Crippen LogP contribution in [0.2, 0.25) is 0 Å². The largest absolute Gasteiger partial charge is 0.378 e. The SMILES string of the molecule is c1ccc(-n2c(CC3CCCCO3)nc3cccnc32)cc1. The molecule has 1 saturated heterocycles. The van der Waals surface area contributed by atoms with E-state index in [1.165, 1.54) is 12.8 Å². The van der Waals surface area contributed by atoms with Crippen molar-refractivity contribution in [2.24, 2.45) is 0 Å². The second-order valence-electron chi connectivity index (χ2n) is 5.74. The van der Waals surface area contributed by atoms with Crippen LogP contribution in [0.25, 0.3) is 16.9 Å². The number of benzene rings is 1. The van der Waals surface area contributed by atoms with Crippen LogP contribution in [0.4, 0.5) is 0 Å². The van der Waals surface area contributed by atoms with Crippen LogP contribution in [0.5, 0.6) is 0 Å². The maximum Gasteiger partial charge on any atom is 0.164 e. The van der Waals surface area contributed by atoms with Gasteiger partial charge in [-0.25, -0.2) is 9.97 Å². The zero-order chi connectivity index (χ0) is 14.8. The van der Waals surface area contributed by atoms with Crippen LogP contribution in [-0.4, -0.2) is 27.2 Å². The summed E-state index contributed by atoms with van der Waals surface area (Å²) in [7, 11) is 0. The summed E-state index contributed by atoms with van der Waals surface area (Å²) in [5.41, 5.74) is 2.96. The quantitative estimate of drug-likeness (QED) is 0.741. The lowest BCUT2D eigenvalue weighted by Gasteiger charge is -2.22. The van der Waals surface area contributed by atoms with E-state index in [1.807, 2.05) is 36.5 Å². The maximum atomic E-state index is 5.90. The number of nitrogens with zero attached hydrogens (tertiary/aromatic N) is 3. The van der Waals surface area contributed by atoms with Gasteiger partial charge in [0.25, 0.3) is 0 Å². The molecule has 1 aliphatic heterocycles. The third-order valence-corrected chi connectivity index (χ3v) is 4.18. The Kier molecular flexibility index (Phi) is 3.60. The number of fused-ring (bicyclic) bond motifs is 1. The van der Waals surface area contributed by atoms with E-state index in [9.17, 15) is 0 Å². The minimum absolute atomic E-state index is 0.271. The van der Waals surface area contributed by atoms with E-state index < -0.39 is 0 Å². The van der Waals surface area contributed by atoms with Crippen LogP contribution < -0.4 is 0 Å². The molecule has 22 heavy (non-hydrogen) atoms. The molecule has 0 N–H and O–H groups in total. The Morgan fingerprint density at radius 2 is 2.00 bits per heavy atom. The standard InChI is InChI=1S/C18H19N3O/c1-2-7-14(8-3-1)21-17(13-15-9-4-5-12-22-15)20-16-10-6-11-19-18(16)21/h1-3,6-8,10-11,15H,4-5,9,12-13H2. The van der Waals surface area contributed by atoms with Gasteiger partial charge in [0, 0.05) is 24.9 Å². The lowest BCUT2D eigenvalue weighted by Crippen LogP contribution is -2.23. The zero-order valence-electron chi connectivity index (χ0n) is 12.5. The van der Waals surface area contributed by atoms with Crippen LogP contribution in [0.1, 0.15) is 25.1 Å². The van der Waals surface area contributed by atoms with E-state index in [-0.39, 0.29) is 6.10 Å². The van der Waals surface area contributed by atoms with E-state index in [4.69, 9.17) is 9.72 Å². The van der Waals surface area contributed by atoms with E-state index in [0.29, 0.717) is 0 Å². The van der Waals surface area contributed by atoms with Gasteiger partial charge in [0.15, 0.2) is 5.65 Å². The van der Waals surface area contributed by atoms with Crippen molar-refractivity contribution in [3.05, 3.63) is 54.5 Å². The fourth-order valence-electron chi connectivity index (χ4n) is 3.12. The summed E-state index contributed by atoms with van der Waals surface area (Å²) in [4.78, 5) is 9.33. The number of rotatable bonds is 3. The van der Waals surface area contributed by atoms with E-state index >= 15 is 0 Å². The monoisotopic (exact) mass is 293 g/mol. The maximum absolute atomic E-state index is 5.90. The molecule has 4 rings (SSSR count). The molecular weight excluding hydrogens is 274 g/mol. The number of hydrogen-bond acceptors (Lipinski definition) is 3. The van der Waals surface area contributed by atoms with Crippen LogP contribution in [0, 0.1) is 0 Å². The first-order valence-corrected chi connectivity index (χ1v) is 7.91. The summed E-state index contributed by atoms with van der Waals surface area (Å²) in [5, 5.41) is 0. The number of para-hydroxylation sites is 1. The number of aromatic nitrogens is 3. The number of hydrogen-bond donors (Lipinski definition) is 0. The van der Waals surface area contributed by atoms with Crippen LogP contribution in [-0.2, 0) is 11.2 Å². The molecule has 0 bridgehead atoms. The smallest absolute Gasteiger partial charge is 0.164 e. The fourth-order valence-corrected chi connectivity index (χ4v) is 3.12. The van der Waals surface area contributed by atoms with Gasteiger partial charge in [-0.2, -0.15) is 0 Å². The molecular formula is C18H19N3O. The first kappa shape index (κ1) is 13.5. The third kappa shape index (κ3) is 2.50. The first-order chi connectivity index (χ1) is 10.9. The van der Waals surface area contributed by atoms with Crippen molar-refractivity contribution in [1.29, 1.82) is 0 Å².